The highest BCUT2D eigenvalue weighted by molar-refractivity contribution is 5.77. The molecule has 3 heteroatoms. The maximum Gasteiger partial charge on any atom is 0.233 e. The second kappa shape index (κ2) is 11.9. The number of carbonyl (C=O) groups is 1. The first-order valence-corrected chi connectivity index (χ1v) is 7.20. The third-order valence-corrected chi connectivity index (χ3v) is 2.95. The van der Waals surface area contributed by atoms with Crippen molar-refractivity contribution in [1.29, 1.82) is 0 Å². The zero-order valence-electron chi connectivity index (χ0n) is 11.8. The minimum Gasteiger partial charge on any atom is -0.355 e. The van der Waals surface area contributed by atoms with Crippen LogP contribution in [0, 0.1) is 0 Å². The highest BCUT2D eigenvalue weighted by atomic mass is 16.1. The number of nitrogens with one attached hydrogen (secondary N) is 2. The minimum atomic E-state index is 0.124. The standard InChI is InChI=1S/C14H30N2O/c1-4-6-8-9-10-13(3)16-12-14(17)15-11-7-5-2/h13,16H,4-12H2,1-3H3,(H,15,17). The van der Waals surface area contributed by atoms with Crippen LogP contribution in [0.4, 0.5) is 0 Å². The molecular weight excluding hydrogens is 212 g/mol. The molecule has 1 atom stereocenters. The minimum absolute atomic E-state index is 0.124. The Morgan fingerprint density at radius 2 is 1.76 bits per heavy atom. The SMILES string of the molecule is CCCCCCC(C)NCC(=O)NCCCC. The second-order valence-corrected chi connectivity index (χ2v) is 4.83. The zero-order valence-corrected chi connectivity index (χ0v) is 11.8. The largest absolute Gasteiger partial charge is 0.355 e. The fourth-order valence-corrected chi connectivity index (χ4v) is 1.71. The van der Waals surface area contributed by atoms with Crippen LogP contribution in [0.15, 0.2) is 0 Å². The van der Waals surface area contributed by atoms with Gasteiger partial charge >= 0.3 is 0 Å². The first-order valence-electron chi connectivity index (χ1n) is 7.20. The van der Waals surface area contributed by atoms with Gasteiger partial charge in [-0.1, -0.05) is 46.0 Å². The fraction of sp³-hybridized carbons (Fsp3) is 0.929. The van der Waals surface area contributed by atoms with Crippen molar-refractivity contribution in [1.82, 2.24) is 10.6 Å². The summed E-state index contributed by atoms with van der Waals surface area (Å²) in [6, 6.07) is 0.448. The molecule has 0 aliphatic heterocycles. The van der Waals surface area contributed by atoms with Crippen molar-refractivity contribution in [2.75, 3.05) is 13.1 Å². The van der Waals surface area contributed by atoms with E-state index in [0.717, 1.165) is 19.4 Å². The molecule has 0 saturated heterocycles. The number of unbranched alkanes of at least 4 members (excludes halogenated alkanes) is 4. The number of carbonyl (C=O) groups excluding carboxylic acids is 1. The summed E-state index contributed by atoms with van der Waals surface area (Å²) in [4.78, 5) is 11.4. The molecular formula is C14H30N2O. The van der Waals surface area contributed by atoms with E-state index >= 15 is 0 Å². The Labute approximate surface area is 107 Å². The normalized spacial score (nSPS) is 12.4. The van der Waals surface area contributed by atoms with Gasteiger partial charge < -0.3 is 10.6 Å². The van der Waals surface area contributed by atoms with Crippen LogP contribution < -0.4 is 10.6 Å². The lowest BCUT2D eigenvalue weighted by Crippen LogP contribution is -2.38. The molecule has 0 bridgehead atoms. The average molecular weight is 242 g/mol. The lowest BCUT2D eigenvalue weighted by molar-refractivity contribution is -0.120. The molecule has 3 nitrogen and oxygen atoms in total. The molecule has 0 spiro atoms. The maximum atomic E-state index is 11.4. The molecule has 0 radical (unpaired) electrons. The number of hydrogen-bond donors (Lipinski definition) is 2. The van der Waals surface area contributed by atoms with Crippen molar-refractivity contribution in [2.24, 2.45) is 0 Å². The predicted molar refractivity (Wildman–Crippen MR) is 74.1 cm³/mol. The summed E-state index contributed by atoms with van der Waals surface area (Å²) in [5.74, 6) is 0.124. The first-order chi connectivity index (χ1) is 8.20. The van der Waals surface area contributed by atoms with Gasteiger partial charge in [0.15, 0.2) is 0 Å². The van der Waals surface area contributed by atoms with Crippen molar-refractivity contribution < 1.29 is 4.79 Å². The van der Waals surface area contributed by atoms with Crippen molar-refractivity contribution in [3.8, 4) is 0 Å². The molecule has 0 heterocycles. The van der Waals surface area contributed by atoms with Gasteiger partial charge in [0.2, 0.25) is 5.91 Å². The summed E-state index contributed by atoms with van der Waals surface area (Å²) in [6.07, 6.45) is 8.54. The van der Waals surface area contributed by atoms with Crippen LogP contribution in [0.2, 0.25) is 0 Å². The summed E-state index contributed by atoms with van der Waals surface area (Å²) >= 11 is 0. The monoisotopic (exact) mass is 242 g/mol. The molecule has 0 saturated carbocycles. The van der Waals surface area contributed by atoms with Crippen LogP contribution >= 0.6 is 0 Å². The molecule has 0 aromatic carbocycles. The van der Waals surface area contributed by atoms with Gasteiger partial charge in [0.25, 0.3) is 0 Å². The predicted octanol–water partition coefficient (Wildman–Crippen LogP) is 2.85. The lowest BCUT2D eigenvalue weighted by Gasteiger charge is -2.13. The Morgan fingerprint density at radius 3 is 2.41 bits per heavy atom. The third kappa shape index (κ3) is 11.7. The molecule has 17 heavy (non-hydrogen) atoms. The molecule has 2 N–H and O–H groups in total. The molecule has 1 amide bonds. The van der Waals surface area contributed by atoms with Gasteiger partial charge in [-0.2, -0.15) is 0 Å². The van der Waals surface area contributed by atoms with Crippen molar-refractivity contribution in [3.63, 3.8) is 0 Å². The maximum absolute atomic E-state index is 11.4. The molecule has 0 rings (SSSR count). The number of rotatable bonds is 11. The summed E-state index contributed by atoms with van der Waals surface area (Å²) < 4.78 is 0. The Kier molecular flexibility index (Phi) is 11.5. The van der Waals surface area contributed by atoms with E-state index in [1.165, 1.54) is 32.1 Å². The highest BCUT2D eigenvalue weighted by Crippen LogP contribution is 2.04. The van der Waals surface area contributed by atoms with Gasteiger partial charge in [-0.25, -0.2) is 0 Å². The van der Waals surface area contributed by atoms with Crippen molar-refractivity contribution >= 4 is 5.91 Å². The molecule has 0 aliphatic carbocycles. The van der Waals surface area contributed by atoms with Crippen LogP contribution in [-0.4, -0.2) is 25.0 Å². The third-order valence-electron chi connectivity index (χ3n) is 2.95. The Morgan fingerprint density at radius 1 is 1.06 bits per heavy atom. The van der Waals surface area contributed by atoms with E-state index in [4.69, 9.17) is 0 Å². The fourth-order valence-electron chi connectivity index (χ4n) is 1.71. The van der Waals surface area contributed by atoms with Gasteiger partial charge in [0.05, 0.1) is 6.54 Å². The Balaban J connectivity index is 3.35. The van der Waals surface area contributed by atoms with E-state index in [0.29, 0.717) is 12.6 Å². The molecule has 0 aliphatic rings. The first kappa shape index (κ1) is 16.4. The summed E-state index contributed by atoms with van der Waals surface area (Å²) in [6.45, 7) is 7.77. The summed E-state index contributed by atoms with van der Waals surface area (Å²) in [5, 5.41) is 6.19. The van der Waals surface area contributed by atoms with Crippen LogP contribution in [0.1, 0.15) is 65.7 Å². The van der Waals surface area contributed by atoms with E-state index in [-0.39, 0.29) is 5.91 Å². The molecule has 0 aromatic heterocycles. The Bertz CT molecular complexity index is 183. The van der Waals surface area contributed by atoms with Crippen LogP contribution in [0.5, 0.6) is 0 Å². The van der Waals surface area contributed by atoms with E-state index in [1.54, 1.807) is 0 Å². The van der Waals surface area contributed by atoms with Gasteiger partial charge in [-0.15, -0.1) is 0 Å². The zero-order chi connectivity index (χ0) is 12.9. The van der Waals surface area contributed by atoms with Crippen molar-refractivity contribution in [3.05, 3.63) is 0 Å². The number of hydrogen-bond acceptors (Lipinski definition) is 2. The van der Waals surface area contributed by atoms with E-state index < -0.39 is 0 Å². The average Bonchev–Trinajstić information content (AvgIpc) is 2.32. The summed E-state index contributed by atoms with van der Waals surface area (Å²) in [5.41, 5.74) is 0. The van der Waals surface area contributed by atoms with E-state index in [2.05, 4.69) is 31.4 Å². The van der Waals surface area contributed by atoms with E-state index in [9.17, 15) is 4.79 Å². The topological polar surface area (TPSA) is 41.1 Å². The highest BCUT2D eigenvalue weighted by Gasteiger charge is 2.04. The smallest absolute Gasteiger partial charge is 0.233 e. The van der Waals surface area contributed by atoms with Gasteiger partial charge in [-0.05, 0) is 19.8 Å². The summed E-state index contributed by atoms with van der Waals surface area (Å²) in [7, 11) is 0. The van der Waals surface area contributed by atoms with Crippen LogP contribution in [0.25, 0.3) is 0 Å². The molecule has 0 fully saturated rings. The van der Waals surface area contributed by atoms with Gasteiger partial charge in [0.1, 0.15) is 0 Å². The Hall–Kier alpha value is -0.570. The van der Waals surface area contributed by atoms with Gasteiger partial charge in [0, 0.05) is 12.6 Å². The second-order valence-electron chi connectivity index (χ2n) is 4.83. The quantitative estimate of drug-likeness (QED) is 0.547. The van der Waals surface area contributed by atoms with E-state index in [1.807, 2.05) is 0 Å². The molecule has 102 valence electrons. The van der Waals surface area contributed by atoms with Crippen molar-refractivity contribution in [2.45, 2.75) is 71.8 Å². The molecule has 0 aromatic rings. The van der Waals surface area contributed by atoms with Crippen LogP contribution in [-0.2, 0) is 4.79 Å². The van der Waals surface area contributed by atoms with Crippen LogP contribution in [0.3, 0.4) is 0 Å². The van der Waals surface area contributed by atoms with Gasteiger partial charge in [-0.3, -0.25) is 4.79 Å². The molecule has 1 unspecified atom stereocenters. The lowest BCUT2D eigenvalue weighted by atomic mass is 10.1. The number of amides is 1.